The lowest BCUT2D eigenvalue weighted by Gasteiger charge is -2.17. The molecule has 0 aliphatic heterocycles. The zero-order chi connectivity index (χ0) is 21.4. The number of benzene rings is 2. The van der Waals surface area contributed by atoms with E-state index in [4.69, 9.17) is 9.47 Å². The summed E-state index contributed by atoms with van der Waals surface area (Å²) in [4.78, 5) is 13.7. The largest absolute Gasteiger partial charge is 0.485 e. The second kappa shape index (κ2) is 8.12. The summed E-state index contributed by atoms with van der Waals surface area (Å²) in [5, 5.41) is 10.4. The molecule has 0 bridgehead atoms. The topological polar surface area (TPSA) is 77.4 Å². The molecule has 2 aromatic heterocycles. The Balaban J connectivity index is 1.80. The molecule has 156 valence electrons. The van der Waals surface area contributed by atoms with Crippen molar-refractivity contribution in [2.24, 2.45) is 0 Å². The van der Waals surface area contributed by atoms with Crippen molar-refractivity contribution in [1.82, 2.24) is 15.0 Å². The highest BCUT2D eigenvalue weighted by atomic mass is 32.1. The third kappa shape index (κ3) is 3.93. The first-order valence-electron chi connectivity index (χ1n) is 9.71. The first kappa shape index (κ1) is 20.4. The molecule has 0 radical (unpaired) electrons. The van der Waals surface area contributed by atoms with Crippen LogP contribution >= 0.6 is 11.3 Å². The van der Waals surface area contributed by atoms with Crippen molar-refractivity contribution >= 4 is 32.6 Å². The number of nitrogens with zero attached hydrogens (tertiary/aromatic N) is 3. The van der Waals surface area contributed by atoms with Crippen molar-refractivity contribution in [3.63, 3.8) is 0 Å². The van der Waals surface area contributed by atoms with Gasteiger partial charge >= 0.3 is 0 Å². The van der Waals surface area contributed by atoms with Crippen molar-refractivity contribution in [2.75, 3.05) is 6.61 Å². The zero-order valence-electron chi connectivity index (χ0n) is 17.1. The van der Waals surface area contributed by atoms with Gasteiger partial charge in [0.2, 0.25) is 5.88 Å². The molecule has 2 aromatic carbocycles. The highest BCUT2D eigenvalue weighted by molar-refractivity contribution is 7.21. The molecule has 8 heteroatoms. The molecule has 0 amide bonds. The zero-order valence-corrected chi connectivity index (χ0v) is 18.0. The summed E-state index contributed by atoms with van der Waals surface area (Å²) >= 11 is 1.43. The third-order valence-electron chi connectivity index (χ3n) is 4.73. The smallest absolute Gasteiger partial charge is 0.232 e. The van der Waals surface area contributed by atoms with Crippen molar-refractivity contribution in [2.45, 2.75) is 39.9 Å². The van der Waals surface area contributed by atoms with E-state index in [1.807, 2.05) is 26.0 Å². The summed E-state index contributed by atoms with van der Waals surface area (Å²) in [6.07, 6.45) is 0.358. The van der Waals surface area contributed by atoms with Crippen molar-refractivity contribution in [1.29, 1.82) is 0 Å². The fourth-order valence-electron chi connectivity index (χ4n) is 3.06. The van der Waals surface area contributed by atoms with Gasteiger partial charge in [0.25, 0.3) is 0 Å². The Hall–Kier alpha value is -2.84. The van der Waals surface area contributed by atoms with Gasteiger partial charge in [0.15, 0.2) is 11.6 Å². The summed E-state index contributed by atoms with van der Waals surface area (Å²) in [7, 11) is 0. The number of aliphatic hydroxyl groups is 1. The number of aromatic nitrogens is 3. The van der Waals surface area contributed by atoms with Crippen LogP contribution in [-0.4, -0.2) is 38.9 Å². The van der Waals surface area contributed by atoms with E-state index in [-0.39, 0.29) is 5.75 Å². The quantitative estimate of drug-likeness (QED) is 0.472. The molecule has 4 aromatic rings. The van der Waals surface area contributed by atoms with Crippen LogP contribution in [0.1, 0.15) is 26.3 Å². The third-order valence-corrected chi connectivity index (χ3v) is 5.78. The summed E-state index contributed by atoms with van der Waals surface area (Å²) in [6.45, 7) is 7.69. The second-order valence-electron chi connectivity index (χ2n) is 7.15. The molecule has 6 nitrogen and oxygen atoms in total. The van der Waals surface area contributed by atoms with E-state index >= 15 is 0 Å². The predicted molar refractivity (Wildman–Crippen MR) is 116 cm³/mol. The van der Waals surface area contributed by atoms with Gasteiger partial charge in [0.05, 0.1) is 40.2 Å². The minimum absolute atomic E-state index is 0.0985. The van der Waals surface area contributed by atoms with E-state index in [1.165, 1.54) is 17.4 Å². The lowest BCUT2D eigenvalue weighted by atomic mass is 10.1. The van der Waals surface area contributed by atoms with Crippen molar-refractivity contribution in [3.8, 4) is 22.2 Å². The van der Waals surface area contributed by atoms with Crippen molar-refractivity contribution in [3.05, 3.63) is 41.8 Å². The van der Waals surface area contributed by atoms with Gasteiger partial charge in [-0.05, 0) is 45.4 Å². The van der Waals surface area contributed by atoms with Crippen LogP contribution in [0.3, 0.4) is 0 Å². The number of fused-ring (bicyclic) bond motifs is 2. The molecule has 0 aliphatic rings. The minimum atomic E-state index is -0.712. The molecule has 1 N–H and O–H groups in total. The summed E-state index contributed by atoms with van der Waals surface area (Å²) in [5.74, 6) is 0.0605. The van der Waals surface area contributed by atoms with Crippen LogP contribution < -0.4 is 9.47 Å². The summed E-state index contributed by atoms with van der Waals surface area (Å²) in [6, 6.07) is 6.93. The highest BCUT2D eigenvalue weighted by Gasteiger charge is 2.18. The van der Waals surface area contributed by atoms with Gasteiger partial charge in [-0.3, -0.25) is 0 Å². The molecule has 0 aliphatic carbocycles. The maximum atomic E-state index is 14.5. The van der Waals surface area contributed by atoms with Crippen LogP contribution in [0.2, 0.25) is 0 Å². The maximum Gasteiger partial charge on any atom is 0.232 e. The van der Waals surface area contributed by atoms with E-state index in [0.29, 0.717) is 23.5 Å². The number of rotatable bonds is 6. The Morgan fingerprint density at radius 2 is 1.93 bits per heavy atom. The number of aryl methyl sites for hydroxylation is 1. The molecule has 0 unspecified atom stereocenters. The second-order valence-corrected chi connectivity index (χ2v) is 8.19. The molecule has 0 saturated carbocycles. The Kier molecular flexibility index (Phi) is 5.53. The van der Waals surface area contributed by atoms with Gasteiger partial charge in [-0.15, -0.1) is 11.3 Å². The Labute approximate surface area is 177 Å². The van der Waals surface area contributed by atoms with E-state index in [9.17, 15) is 9.50 Å². The van der Waals surface area contributed by atoms with E-state index in [1.54, 1.807) is 26.1 Å². The average molecular weight is 428 g/mol. The lowest BCUT2D eigenvalue weighted by Crippen LogP contribution is -2.25. The molecule has 2 atom stereocenters. The summed E-state index contributed by atoms with van der Waals surface area (Å²) < 4.78 is 26.3. The monoisotopic (exact) mass is 427 g/mol. The van der Waals surface area contributed by atoms with Crippen molar-refractivity contribution < 1.29 is 19.0 Å². The minimum Gasteiger partial charge on any atom is -0.485 e. The van der Waals surface area contributed by atoms with Crippen LogP contribution in [0, 0.1) is 12.7 Å². The Morgan fingerprint density at radius 3 is 2.67 bits per heavy atom. The molecule has 0 saturated heterocycles. The van der Waals surface area contributed by atoms with Crippen LogP contribution in [0.25, 0.3) is 31.8 Å². The molecular formula is C22H22FN3O3S. The van der Waals surface area contributed by atoms with E-state index < -0.39 is 18.0 Å². The average Bonchev–Trinajstić information content (AvgIpc) is 3.10. The predicted octanol–water partition coefficient (Wildman–Crippen LogP) is 4.90. The Bertz CT molecular complexity index is 1230. The van der Waals surface area contributed by atoms with Crippen LogP contribution in [0.5, 0.6) is 11.6 Å². The summed E-state index contributed by atoms with van der Waals surface area (Å²) in [5.41, 5.74) is 3.82. The number of aliphatic hydroxyl groups excluding tert-OH is 1. The van der Waals surface area contributed by atoms with Gasteiger partial charge in [-0.1, -0.05) is 0 Å². The van der Waals surface area contributed by atoms with Crippen LogP contribution in [-0.2, 0) is 0 Å². The molecule has 30 heavy (non-hydrogen) atoms. The maximum absolute atomic E-state index is 14.5. The molecule has 2 heterocycles. The van der Waals surface area contributed by atoms with Gasteiger partial charge in [0.1, 0.15) is 11.1 Å². The van der Waals surface area contributed by atoms with Crippen LogP contribution in [0.15, 0.2) is 30.5 Å². The molecular weight excluding hydrogens is 405 g/mol. The SMILES string of the molecule is CCOc1cnc2c(-c3nc4cc(F)c(O[C@@H](C)[C@@H](C)O)cc4s3)cc(C)cc2n1. The first-order chi connectivity index (χ1) is 14.4. The number of thiazole rings is 1. The Morgan fingerprint density at radius 1 is 1.13 bits per heavy atom. The van der Waals surface area contributed by atoms with Gasteiger partial charge < -0.3 is 14.6 Å². The number of hydrogen-bond acceptors (Lipinski definition) is 7. The van der Waals surface area contributed by atoms with E-state index in [0.717, 1.165) is 26.4 Å². The van der Waals surface area contributed by atoms with E-state index in [2.05, 4.69) is 15.0 Å². The molecule has 0 spiro atoms. The molecule has 4 rings (SSSR count). The van der Waals surface area contributed by atoms with Crippen LogP contribution in [0.4, 0.5) is 4.39 Å². The normalized spacial score (nSPS) is 13.5. The van der Waals surface area contributed by atoms with Gasteiger partial charge in [-0.2, -0.15) is 0 Å². The highest BCUT2D eigenvalue weighted by Crippen LogP contribution is 2.37. The number of halogens is 1. The van der Waals surface area contributed by atoms with Gasteiger partial charge in [0, 0.05) is 17.7 Å². The molecule has 0 fully saturated rings. The standard InChI is InChI=1S/C22H22FN3O3S/c1-5-28-20-10-24-21-14(6-11(2)7-17(21)25-20)22-26-16-8-15(23)18(9-19(16)30-22)29-13(4)12(3)27/h6-10,12-13,27H,5H2,1-4H3/t12-,13+/m1/s1. The lowest BCUT2D eigenvalue weighted by molar-refractivity contribution is 0.0580. The fourth-order valence-corrected chi connectivity index (χ4v) is 4.06. The number of hydrogen-bond donors (Lipinski definition) is 1. The first-order valence-corrected chi connectivity index (χ1v) is 10.5. The fraction of sp³-hybridized carbons (Fsp3) is 0.318. The van der Waals surface area contributed by atoms with Gasteiger partial charge in [-0.25, -0.2) is 19.3 Å². The number of ether oxygens (including phenoxy) is 2.